The lowest BCUT2D eigenvalue weighted by atomic mass is 9.79. The Kier molecular flexibility index (Phi) is 3.57. The van der Waals surface area contributed by atoms with Gasteiger partial charge in [-0.2, -0.15) is 10.4 Å². The highest BCUT2D eigenvalue weighted by Crippen LogP contribution is 2.58. The molecule has 0 spiro atoms. The predicted molar refractivity (Wildman–Crippen MR) is 84.9 cm³/mol. The minimum Gasteiger partial charge on any atom is -0.381 e. The molecule has 5 unspecified atom stereocenters. The van der Waals surface area contributed by atoms with Crippen molar-refractivity contribution in [1.82, 2.24) is 15.5 Å². The minimum absolute atomic E-state index is 0.325. The number of rotatable bonds is 5. The van der Waals surface area contributed by atoms with Gasteiger partial charge >= 0.3 is 0 Å². The lowest BCUT2D eigenvalue weighted by Crippen LogP contribution is -2.39. The third-order valence-corrected chi connectivity index (χ3v) is 6.42. The summed E-state index contributed by atoms with van der Waals surface area (Å²) >= 11 is 0. The van der Waals surface area contributed by atoms with E-state index in [-0.39, 0.29) is 0 Å². The molecule has 3 saturated carbocycles. The third-order valence-electron chi connectivity index (χ3n) is 6.42. The zero-order valence-electron chi connectivity index (χ0n) is 13.0. The van der Waals surface area contributed by atoms with E-state index >= 15 is 0 Å². The van der Waals surface area contributed by atoms with Crippen molar-refractivity contribution in [1.29, 1.82) is 5.26 Å². The van der Waals surface area contributed by atoms with Crippen LogP contribution in [0.15, 0.2) is 0 Å². The molecule has 2 bridgehead atoms. The molecular weight excluding hydrogens is 274 g/mol. The summed E-state index contributed by atoms with van der Waals surface area (Å²) in [5.41, 5.74) is 7.07. The van der Waals surface area contributed by atoms with Gasteiger partial charge in [0, 0.05) is 6.04 Å². The van der Waals surface area contributed by atoms with E-state index in [1.807, 2.05) is 0 Å². The van der Waals surface area contributed by atoms with E-state index in [1.165, 1.54) is 32.1 Å². The first-order valence-corrected chi connectivity index (χ1v) is 8.74. The van der Waals surface area contributed by atoms with Crippen LogP contribution in [-0.4, -0.2) is 22.8 Å². The monoisotopic (exact) mass is 299 g/mol. The van der Waals surface area contributed by atoms with Crippen molar-refractivity contribution in [2.45, 2.75) is 51.0 Å². The highest BCUT2D eigenvalue weighted by Gasteiger charge is 2.53. The Labute approximate surface area is 131 Å². The van der Waals surface area contributed by atoms with E-state index in [1.54, 1.807) is 0 Å². The molecule has 22 heavy (non-hydrogen) atoms. The summed E-state index contributed by atoms with van der Waals surface area (Å²) in [7, 11) is 0. The van der Waals surface area contributed by atoms with Crippen molar-refractivity contribution in [3.8, 4) is 6.07 Å². The number of nitrogens with two attached hydrogens (primary N) is 1. The molecule has 0 amide bonds. The average molecular weight is 299 g/mol. The molecule has 5 nitrogen and oxygen atoms in total. The molecule has 1 aromatic heterocycles. The Balaban J connectivity index is 1.26. The van der Waals surface area contributed by atoms with Crippen molar-refractivity contribution in [2.75, 3.05) is 12.3 Å². The molecule has 3 aliphatic carbocycles. The molecule has 3 aliphatic rings. The van der Waals surface area contributed by atoms with Crippen LogP contribution in [0.2, 0.25) is 0 Å². The van der Waals surface area contributed by atoms with Gasteiger partial charge in [0.2, 0.25) is 0 Å². The molecule has 0 aliphatic heterocycles. The molecule has 5 atom stereocenters. The Bertz CT molecular complexity index is 586. The number of aromatic amines is 1. The number of anilines is 1. The number of aromatic nitrogens is 2. The molecule has 0 aromatic carbocycles. The Hall–Kier alpha value is -1.54. The van der Waals surface area contributed by atoms with Gasteiger partial charge in [-0.25, -0.2) is 0 Å². The molecule has 3 fully saturated rings. The van der Waals surface area contributed by atoms with Crippen molar-refractivity contribution >= 4 is 5.82 Å². The normalized spacial score (nSPS) is 35.7. The molecule has 4 rings (SSSR count). The summed E-state index contributed by atoms with van der Waals surface area (Å²) in [4.78, 5) is 0. The smallest absolute Gasteiger partial charge is 0.163 e. The zero-order valence-corrected chi connectivity index (χ0v) is 13.0. The molecule has 118 valence electrons. The maximum atomic E-state index is 9.07. The molecule has 1 aromatic rings. The number of nitrogens with zero attached hydrogens (tertiary/aromatic N) is 2. The Morgan fingerprint density at radius 3 is 3.00 bits per heavy atom. The Morgan fingerprint density at radius 1 is 1.27 bits per heavy atom. The summed E-state index contributed by atoms with van der Waals surface area (Å²) in [6, 6.07) is 2.88. The number of fused-ring (bicyclic) bond motifs is 5. The first kappa shape index (κ1) is 14.1. The highest BCUT2D eigenvalue weighted by molar-refractivity contribution is 5.50. The van der Waals surface area contributed by atoms with Crippen molar-refractivity contribution in [3.63, 3.8) is 0 Å². The Morgan fingerprint density at radius 2 is 2.14 bits per heavy atom. The number of hydrogen-bond acceptors (Lipinski definition) is 4. The van der Waals surface area contributed by atoms with Gasteiger partial charge in [0.15, 0.2) is 5.82 Å². The van der Waals surface area contributed by atoms with Crippen LogP contribution in [0.1, 0.15) is 49.8 Å². The van der Waals surface area contributed by atoms with Crippen LogP contribution in [-0.2, 0) is 6.42 Å². The molecule has 5 heteroatoms. The van der Waals surface area contributed by atoms with Gasteiger partial charge in [-0.15, -0.1) is 0 Å². The summed E-state index contributed by atoms with van der Waals surface area (Å²) < 4.78 is 0. The predicted octanol–water partition coefficient (Wildman–Crippen LogP) is 2.21. The van der Waals surface area contributed by atoms with Crippen LogP contribution in [0.4, 0.5) is 5.82 Å². The number of nitrogens with one attached hydrogen (secondary N) is 2. The third kappa shape index (κ3) is 2.21. The second-order valence-electron chi connectivity index (χ2n) is 7.39. The lowest BCUT2D eigenvalue weighted by molar-refractivity contribution is 0.209. The molecule has 4 N–H and O–H groups in total. The quantitative estimate of drug-likeness (QED) is 0.727. The van der Waals surface area contributed by atoms with Crippen LogP contribution >= 0.6 is 0 Å². The van der Waals surface area contributed by atoms with Crippen LogP contribution < -0.4 is 11.1 Å². The standard InChI is InChI=1S/C17H25N5/c18-9-14-15(21-22-17(14)19)5-2-6-20-16-8-10-7-13(16)12-4-1-3-11(10)12/h10-13,16,20H,1-8H2,(H3,19,21,22). The fourth-order valence-corrected chi connectivity index (χ4v) is 5.56. The summed E-state index contributed by atoms with van der Waals surface area (Å²) in [6.45, 7) is 1.02. The van der Waals surface area contributed by atoms with E-state index in [0.29, 0.717) is 11.4 Å². The van der Waals surface area contributed by atoms with Crippen molar-refractivity contribution < 1.29 is 0 Å². The van der Waals surface area contributed by atoms with Crippen LogP contribution in [0.5, 0.6) is 0 Å². The van der Waals surface area contributed by atoms with E-state index in [2.05, 4.69) is 21.6 Å². The molecular formula is C17H25N5. The first-order valence-electron chi connectivity index (χ1n) is 8.74. The second-order valence-corrected chi connectivity index (χ2v) is 7.39. The number of nitrogen functional groups attached to an aromatic ring is 1. The van der Waals surface area contributed by atoms with E-state index in [9.17, 15) is 0 Å². The molecule has 0 saturated heterocycles. The number of H-pyrrole nitrogens is 1. The van der Waals surface area contributed by atoms with Crippen molar-refractivity contribution in [2.24, 2.45) is 23.7 Å². The van der Waals surface area contributed by atoms with Gasteiger partial charge in [-0.1, -0.05) is 6.42 Å². The molecule has 1 heterocycles. The largest absolute Gasteiger partial charge is 0.381 e. The van der Waals surface area contributed by atoms with Crippen LogP contribution in [0, 0.1) is 35.0 Å². The van der Waals surface area contributed by atoms with Crippen molar-refractivity contribution in [3.05, 3.63) is 11.3 Å². The number of aryl methyl sites for hydroxylation is 1. The van der Waals surface area contributed by atoms with Gasteiger partial charge in [-0.05, 0) is 68.7 Å². The second kappa shape index (κ2) is 5.58. The fraction of sp³-hybridized carbons (Fsp3) is 0.765. The fourth-order valence-electron chi connectivity index (χ4n) is 5.56. The maximum absolute atomic E-state index is 9.07. The highest BCUT2D eigenvalue weighted by atomic mass is 15.2. The van der Waals surface area contributed by atoms with Gasteiger partial charge in [0.1, 0.15) is 11.6 Å². The lowest BCUT2D eigenvalue weighted by Gasteiger charge is -2.32. The average Bonchev–Trinajstić information content (AvgIpc) is 3.25. The number of nitriles is 1. The number of hydrogen-bond donors (Lipinski definition) is 3. The minimum atomic E-state index is 0.325. The first-order chi connectivity index (χ1) is 10.8. The molecule has 0 radical (unpaired) electrons. The maximum Gasteiger partial charge on any atom is 0.163 e. The van der Waals surface area contributed by atoms with E-state index in [4.69, 9.17) is 11.0 Å². The van der Waals surface area contributed by atoms with Gasteiger partial charge < -0.3 is 11.1 Å². The van der Waals surface area contributed by atoms with E-state index in [0.717, 1.165) is 54.8 Å². The van der Waals surface area contributed by atoms with Gasteiger partial charge in [0.05, 0.1) is 5.69 Å². The van der Waals surface area contributed by atoms with Crippen LogP contribution in [0.25, 0.3) is 0 Å². The van der Waals surface area contributed by atoms with Crippen LogP contribution in [0.3, 0.4) is 0 Å². The SMILES string of the molecule is N#Cc1c(N)n[nH]c1CCCNC1CC2CC1C1CCCC21. The van der Waals surface area contributed by atoms with E-state index < -0.39 is 0 Å². The summed E-state index contributed by atoms with van der Waals surface area (Å²) in [5.74, 6) is 4.36. The van der Waals surface area contributed by atoms with Gasteiger partial charge in [0.25, 0.3) is 0 Å². The zero-order chi connectivity index (χ0) is 15.1. The van der Waals surface area contributed by atoms with Gasteiger partial charge in [-0.3, -0.25) is 5.10 Å². The summed E-state index contributed by atoms with van der Waals surface area (Å²) in [6.07, 6.45) is 9.17. The topological polar surface area (TPSA) is 90.5 Å². The summed E-state index contributed by atoms with van der Waals surface area (Å²) in [5, 5.41) is 19.7.